The first kappa shape index (κ1) is 18.4. The standard InChI is InChI=1S/C19H26N4O3S/c1-3-18(24)22-8-9-23-16(12-22)17(11-20-23)27(2,26)21-19(25)15-10-13-4-6-14(15)7-5-13/h4,6,11,13-15H,3,5,7-10,12H2,1-2H3/t13-,14+,15-,27?/m1/s1. The van der Waals surface area contributed by atoms with Crippen molar-refractivity contribution in [2.24, 2.45) is 22.1 Å². The van der Waals surface area contributed by atoms with Gasteiger partial charge in [-0.2, -0.15) is 9.46 Å². The van der Waals surface area contributed by atoms with Crippen molar-refractivity contribution >= 4 is 21.5 Å². The smallest absolute Gasteiger partial charge is 0.257 e. The zero-order valence-corrected chi connectivity index (χ0v) is 16.7. The van der Waals surface area contributed by atoms with E-state index in [1.54, 1.807) is 15.8 Å². The number of carbonyl (C=O) groups is 2. The van der Waals surface area contributed by atoms with Crippen LogP contribution < -0.4 is 0 Å². The molecule has 7 nitrogen and oxygen atoms in total. The molecule has 2 amide bonds. The predicted octanol–water partition coefficient (Wildman–Crippen LogP) is 2.22. The Labute approximate surface area is 160 Å². The topological polar surface area (TPSA) is 84.6 Å². The molecule has 1 aromatic rings. The van der Waals surface area contributed by atoms with Gasteiger partial charge in [0.25, 0.3) is 5.91 Å². The summed E-state index contributed by atoms with van der Waals surface area (Å²) < 4.78 is 19.3. The molecule has 2 heterocycles. The Kier molecular flexibility index (Phi) is 4.70. The van der Waals surface area contributed by atoms with Gasteiger partial charge in [0.2, 0.25) is 5.91 Å². The number of nitrogens with zero attached hydrogens (tertiary/aromatic N) is 4. The molecule has 1 aliphatic heterocycles. The summed E-state index contributed by atoms with van der Waals surface area (Å²) in [5, 5.41) is 4.32. The highest BCUT2D eigenvalue weighted by atomic mass is 32.2. The third-order valence-electron chi connectivity index (χ3n) is 6.05. The molecule has 0 saturated heterocycles. The lowest BCUT2D eigenvalue weighted by Gasteiger charge is -2.36. The maximum Gasteiger partial charge on any atom is 0.257 e. The van der Waals surface area contributed by atoms with Gasteiger partial charge in [0.05, 0.1) is 39.6 Å². The molecule has 1 fully saturated rings. The van der Waals surface area contributed by atoms with Crippen LogP contribution in [0, 0.1) is 17.8 Å². The molecule has 1 unspecified atom stereocenters. The summed E-state index contributed by atoms with van der Waals surface area (Å²) >= 11 is 0. The molecule has 1 aromatic heterocycles. The second-order valence-electron chi connectivity index (χ2n) is 7.81. The normalized spacial score (nSPS) is 28.5. The molecule has 146 valence electrons. The summed E-state index contributed by atoms with van der Waals surface area (Å²) in [7, 11) is -2.90. The fourth-order valence-corrected chi connectivity index (χ4v) is 5.90. The van der Waals surface area contributed by atoms with Crippen LogP contribution in [0.25, 0.3) is 0 Å². The minimum Gasteiger partial charge on any atom is -0.335 e. The molecule has 0 radical (unpaired) electrons. The number of aromatic nitrogens is 2. The van der Waals surface area contributed by atoms with Crippen LogP contribution in [0.2, 0.25) is 0 Å². The first-order chi connectivity index (χ1) is 12.9. The highest BCUT2D eigenvalue weighted by Crippen LogP contribution is 2.41. The van der Waals surface area contributed by atoms with Gasteiger partial charge in [0.15, 0.2) is 0 Å². The number of carbonyl (C=O) groups excluding carboxylic acids is 2. The zero-order chi connectivity index (χ0) is 19.2. The third-order valence-corrected chi connectivity index (χ3v) is 7.74. The van der Waals surface area contributed by atoms with Gasteiger partial charge in [-0.05, 0) is 31.1 Å². The molecule has 8 heteroatoms. The second kappa shape index (κ2) is 6.89. The van der Waals surface area contributed by atoms with Crippen LogP contribution in [0.15, 0.2) is 27.6 Å². The van der Waals surface area contributed by atoms with Crippen molar-refractivity contribution in [2.45, 2.75) is 50.6 Å². The largest absolute Gasteiger partial charge is 0.335 e. The lowest BCUT2D eigenvalue weighted by Crippen LogP contribution is -2.38. The van der Waals surface area contributed by atoms with Crippen LogP contribution in [-0.2, 0) is 32.4 Å². The number of hydrogen-bond acceptors (Lipinski definition) is 4. The predicted molar refractivity (Wildman–Crippen MR) is 101 cm³/mol. The first-order valence-electron chi connectivity index (χ1n) is 9.66. The quantitative estimate of drug-likeness (QED) is 0.741. The van der Waals surface area contributed by atoms with Crippen LogP contribution in [0.1, 0.15) is 38.3 Å². The molecule has 2 bridgehead atoms. The van der Waals surface area contributed by atoms with Crippen LogP contribution in [-0.4, -0.2) is 43.5 Å². The van der Waals surface area contributed by atoms with Crippen LogP contribution in [0.4, 0.5) is 0 Å². The van der Waals surface area contributed by atoms with Gasteiger partial charge in [-0.1, -0.05) is 19.1 Å². The Hall–Kier alpha value is -1.96. The monoisotopic (exact) mass is 390 g/mol. The van der Waals surface area contributed by atoms with Crippen LogP contribution in [0.3, 0.4) is 0 Å². The Morgan fingerprint density at radius 3 is 2.74 bits per heavy atom. The van der Waals surface area contributed by atoms with Crippen LogP contribution in [0.5, 0.6) is 0 Å². The third kappa shape index (κ3) is 3.35. The molecule has 1 saturated carbocycles. The summed E-state index contributed by atoms with van der Waals surface area (Å²) in [6.07, 6.45) is 10.8. The van der Waals surface area contributed by atoms with E-state index < -0.39 is 9.73 Å². The van der Waals surface area contributed by atoms with Crippen molar-refractivity contribution < 1.29 is 13.8 Å². The van der Waals surface area contributed by atoms with Gasteiger partial charge in [0.1, 0.15) is 0 Å². The van der Waals surface area contributed by atoms with E-state index in [9.17, 15) is 13.8 Å². The Morgan fingerprint density at radius 2 is 2.11 bits per heavy atom. The van der Waals surface area contributed by atoms with E-state index in [4.69, 9.17) is 0 Å². The fourth-order valence-electron chi connectivity index (χ4n) is 4.48. The second-order valence-corrected chi connectivity index (χ2v) is 10.0. The first-order valence-corrected chi connectivity index (χ1v) is 11.6. The Bertz CT molecular complexity index is 925. The van der Waals surface area contributed by atoms with Crippen molar-refractivity contribution in [1.29, 1.82) is 0 Å². The van der Waals surface area contributed by atoms with Crippen molar-refractivity contribution in [3.05, 3.63) is 24.0 Å². The SMILES string of the molecule is CCC(=O)N1CCn2ncc(S(C)(=O)=NC(=O)[C@@H]3C[C@@H]4C=C[C@H]3CC4)c2C1. The summed E-state index contributed by atoms with van der Waals surface area (Å²) in [6.45, 7) is 3.37. The molecule has 0 N–H and O–H groups in total. The van der Waals surface area contributed by atoms with Crippen LogP contribution >= 0.6 is 0 Å². The van der Waals surface area contributed by atoms with Crippen molar-refractivity contribution in [3.63, 3.8) is 0 Å². The maximum atomic E-state index is 13.4. The molecule has 27 heavy (non-hydrogen) atoms. The van der Waals surface area contributed by atoms with E-state index in [2.05, 4.69) is 21.6 Å². The highest BCUT2D eigenvalue weighted by Gasteiger charge is 2.37. The molecular formula is C19H26N4O3S. The molecule has 0 spiro atoms. The average Bonchev–Trinajstić information content (AvgIpc) is 3.12. The highest BCUT2D eigenvalue weighted by molar-refractivity contribution is 7.93. The molecule has 0 aromatic carbocycles. The summed E-state index contributed by atoms with van der Waals surface area (Å²) in [5.74, 6) is 0.330. The van der Waals surface area contributed by atoms with E-state index in [-0.39, 0.29) is 23.7 Å². The van der Waals surface area contributed by atoms with E-state index in [1.807, 2.05) is 6.92 Å². The zero-order valence-electron chi connectivity index (χ0n) is 15.8. The number of fused-ring (bicyclic) bond motifs is 3. The van der Waals surface area contributed by atoms with Gasteiger partial charge in [-0.25, -0.2) is 4.21 Å². The molecule has 4 aliphatic rings. The number of rotatable bonds is 3. The number of allylic oxidation sites excluding steroid dienone is 2. The Balaban J connectivity index is 1.61. The van der Waals surface area contributed by atoms with Crippen molar-refractivity contribution in [2.75, 3.05) is 12.8 Å². The van der Waals surface area contributed by atoms with E-state index in [0.717, 1.165) is 25.0 Å². The summed E-state index contributed by atoms with van der Waals surface area (Å²) in [5.41, 5.74) is 0.733. The van der Waals surface area contributed by atoms with Gasteiger partial charge < -0.3 is 4.90 Å². The minimum atomic E-state index is -2.90. The summed E-state index contributed by atoms with van der Waals surface area (Å²) in [4.78, 5) is 27.1. The fraction of sp³-hybridized carbons (Fsp3) is 0.632. The van der Waals surface area contributed by atoms with Gasteiger partial charge in [-0.15, -0.1) is 0 Å². The van der Waals surface area contributed by atoms with Crippen molar-refractivity contribution in [1.82, 2.24) is 14.7 Å². The van der Waals surface area contributed by atoms with Crippen molar-refractivity contribution in [3.8, 4) is 0 Å². The van der Waals surface area contributed by atoms with Gasteiger partial charge in [-0.3, -0.25) is 14.3 Å². The van der Waals surface area contributed by atoms with Gasteiger partial charge in [0, 0.05) is 25.1 Å². The lowest BCUT2D eigenvalue weighted by molar-refractivity contribution is -0.132. The lowest BCUT2D eigenvalue weighted by atomic mass is 9.69. The Morgan fingerprint density at radius 1 is 1.30 bits per heavy atom. The molecule has 3 aliphatic carbocycles. The van der Waals surface area contributed by atoms with E-state index in [1.165, 1.54) is 6.26 Å². The average molecular weight is 391 g/mol. The minimum absolute atomic E-state index is 0.0639. The maximum absolute atomic E-state index is 13.4. The molecular weight excluding hydrogens is 364 g/mol. The van der Waals surface area contributed by atoms with E-state index in [0.29, 0.717) is 36.9 Å². The summed E-state index contributed by atoms with van der Waals surface area (Å²) in [6, 6.07) is 0. The van der Waals surface area contributed by atoms with Gasteiger partial charge >= 0.3 is 0 Å². The van der Waals surface area contributed by atoms with E-state index >= 15 is 0 Å². The number of hydrogen-bond donors (Lipinski definition) is 0. The number of amides is 2. The molecule has 5 rings (SSSR count). The molecule has 4 atom stereocenters.